The standard InChI is InChI=1S/C28H38N4O8S/c1-16(2)15-20(29)27(38)32(21(24(35)30-4)12-13-23(34)40-5)28(39)22(41-17(3)33)11-8-14-31-25(36)18-9-6-7-10-19(18)26(31)37/h6-7,9-10,16,20-22H,8,11-15,29H2,1-5H3,(H,30,35)/t20-,21-,22?/m0/s1. The van der Waals surface area contributed by atoms with Crippen molar-refractivity contribution in [2.75, 3.05) is 20.7 Å². The molecule has 0 fully saturated rings. The van der Waals surface area contributed by atoms with Crippen LogP contribution in [0.2, 0.25) is 0 Å². The van der Waals surface area contributed by atoms with Gasteiger partial charge >= 0.3 is 5.97 Å². The molecule has 1 aromatic carbocycles. The minimum atomic E-state index is -1.39. The minimum absolute atomic E-state index is 0.00136. The van der Waals surface area contributed by atoms with Crippen LogP contribution in [0.4, 0.5) is 0 Å². The van der Waals surface area contributed by atoms with E-state index >= 15 is 0 Å². The second-order valence-corrected chi connectivity index (χ2v) is 11.5. The van der Waals surface area contributed by atoms with Gasteiger partial charge in [-0.2, -0.15) is 0 Å². The lowest BCUT2D eigenvalue weighted by atomic mass is 10.0. The number of nitrogens with zero attached hydrogens (tertiary/aromatic N) is 2. The van der Waals surface area contributed by atoms with Gasteiger partial charge in [-0.15, -0.1) is 0 Å². The van der Waals surface area contributed by atoms with Crippen molar-refractivity contribution in [1.82, 2.24) is 15.1 Å². The number of ether oxygens (including phenoxy) is 1. The molecule has 0 aliphatic carbocycles. The van der Waals surface area contributed by atoms with Crippen molar-refractivity contribution in [1.29, 1.82) is 0 Å². The average Bonchev–Trinajstić information content (AvgIpc) is 3.17. The molecule has 41 heavy (non-hydrogen) atoms. The third-order valence-electron chi connectivity index (χ3n) is 6.54. The number of thioether (sulfide) groups is 1. The minimum Gasteiger partial charge on any atom is -0.469 e. The topological polar surface area (TPSA) is 173 Å². The predicted octanol–water partition coefficient (Wildman–Crippen LogP) is 1.51. The van der Waals surface area contributed by atoms with Gasteiger partial charge in [-0.3, -0.25) is 43.4 Å². The first kappa shape index (κ1) is 33.6. The molecule has 3 atom stereocenters. The molecule has 0 saturated carbocycles. The van der Waals surface area contributed by atoms with Gasteiger partial charge in [0, 0.05) is 26.9 Å². The first-order valence-corrected chi connectivity index (χ1v) is 14.2. The van der Waals surface area contributed by atoms with Crippen molar-refractivity contribution in [3.05, 3.63) is 35.4 Å². The van der Waals surface area contributed by atoms with Gasteiger partial charge in [-0.25, -0.2) is 0 Å². The molecule has 0 saturated heterocycles. The lowest BCUT2D eigenvalue weighted by Crippen LogP contribution is -2.58. The zero-order valence-electron chi connectivity index (χ0n) is 24.0. The van der Waals surface area contributed by atoms with Gasteiger partial charge in [0.25, 0.3) is 11.8 Å². The molecule has 1 heterocycles. The van der Waals surface area contributed by atoms with Gasteiger partial charge in [0.2, 0.25) is 17.7 Å². The van der Waals surface area contributed by atoms with Crippen LogP contribution in [0.25, 0.3) is 0 Å². The Morgan fingerprint density at radius 1 is 1.02 bits per heavy atom. The number of hydrogen-bond donors (Lipinski definition) is 2. The zero-order valence-corrected chi connectivity index (χ0v) is 24.8. The summed E-state index contributed by atoms with van der Waals surface area (Å²) in [4.78, 5) is 91.8. The molecular weight excluding hydrogens is 552 g/mol. The predicted molar refractivity (Wildman–Crippen MR) is 151 cm³/mol. The molecule has 224 valence electrons. The molecule has 1 unspecified atom stereocenters. The van der Waals surface area contributed by atoms with E-state index in [4.69, 9.17) is 5.73 Å². The highest BCUT2D eigenvalue weighted by Gasteiger charge is 2.41. The number of imide groups is 2. The normalized spacial score (nSPS) is 14.8. The fourth-order valence-corrected chi connectivity index (χ4v) is 5.47. The summed E-state index contributed by atoms with van der Waals surface area (Å²) < 4.78 is 4.67. The number of fused-ring (bicyclic) bond motifs is 1. The molecular formula is C28H38N4O8S. The summed E-state index contributed by atoms with van der Waals surface area (Å²) in [6.07, 6.45) is -0.0867. The fraction of sp³-hybridized carbons (Fsp3) is 0.536. The molecule has 13 heteroatoms. The van der Waals surface area contributed by atoms with Gasteiger partial charge in [-0.05, 0) is 43.7 Å². The van der Waals surface area contributed by atoms with E-state index in [-0.39, 0.29) is 55.7 Å². The van der Waals surface area contributed by atoms with Crippen LogP contribution in [-0.2, 0) is 28.7 Å². The summed E-state index contributed by atoms with van der Waals surface area (Å²) in [7, 11) is 2.51. The third-order valence-corrected chi connectivity index (χ3v) is 7.59. The van der Waals surface area contributed by atoms with E-state index in [1.54, 1.807) is 24.3 Å². The number of nitrogens with one attached hydrogen (secondary N) is 1. The molecule has 1 aliphatic heterocycles. The van der Waals surface area contributed by atoms with Crippen LogP contribution in [0.5, 0.6) is 0 Å². The lowest BCUT2D eigenvalue weighted by molar-refractivity contribution is -0.154. The van der Waals surface area contributed by atoms with Gasteiger partial charge in [0.1, 0.15) is 6.04 Å². The van der Waals surface area contributed by atoms with E-state index in [1.807, 2.05) is 13.8 Å². The van der Waals surface area contributed by atoms with Crippen molar-refractivity contribution in [3.63, 3.8) is 0 Å². The van der Waals surface area contributed by atoms with E-state index in [1.165, 1.54) is 21.1 Å². The highest BCUT2D eigenvalue weighted by atomic mass is 32.2. The summed E-state index contributed by atoms with van der Waals surface area (Å²) in [5.41, 5.74) is 6.73. The first-order valence-electron chi connectivity index (χ1n) is 13.4. The van der Waals surface area contributed by atoms with E-state index in [9.17, 15) is 33.6 Å². The zero-order chi connectivity index (χ0) is 30.9. The quantitative estimate of drug-likeness (QED) is 0.239. The lowest BCUT2D eigenvalue weighted by Gasteiger charge is -2.33. The monoisotopic (exact) mass is 590 g/mol. The molecule has 3 N–H and O–H groups in total. The van der Waals surface area contributed by atoms with Crippen LogP contribution < -0.4 is 11.1 Å². The van der Waals surface area contributed by atoms with Crippen molar-refractivity contribution >= 4 is 52.4 Å². The van der Waals surface area contributed by atoms with E-state index < -0.39 is 58.0 Å². The van der Waals surface area contributed by atoms with Crippen LogP contribution in [0, 0.1) is 5.92 Å². The number of likely N-dealkylation sites (N-methyl/N-ethyl adjacent to an activating group) is 1. The SMILES string of the molecule is CNC(=O)[C@H](CCC(=O)OC)N(C(=O)C(CCCN1C(=O)c2ccccc2C1=O)SC(C)=O)C(=O)[C@@H](N)CC(C)C. The largest absolute Gasteiger partial charge is 0.469 e. The summed E-state index contributed by atoms with van der Waals surface area (Å²) in [6.45, 7) is 4.94. The molecule has 1 aromatic rings. The smallest absolute Gasteiger partial charge is 0.305 e. The van der Waals surface area contributed by atoms with Crippen LogP contribution in [0.15, 0.2) is 24.3 Å². The van der Waals surface area contributed by atoms with E-state index in [2.05, 4.69) is 10.1 Å². The van der Waals surface area contributed by atoms with Crippen LogP contribution in [0.3, 0.4) is 0 Å². The summed E-state index contributed by atoms with van der Waals surface area (Å²) in [5.74, 6) is -3.86. The van der Waals surface area contributed by atoms with E-state index in [0.29, 0.717) is 11.8 Å². The maximum Gasteiger partial charge on any atom is 0.305 e. The second kappa shape index (κ2) is 15.4. The number of amides is 5. The highest BCUT2D eigenvalue weighted by molar-refractivity contribution is 8.14. The van der Waals surface area contributed by atoms with Gasteiger partial charge in [0.05, 0.1) is 29.5 Å². The molecule has 0 spiro atoms. The number of carbonyl (C=O) groups excluding carboxylic acids is 7. The second-order valence-electron chi connectivity index (χ2n) is 10.1. The molecule has 0 radical (unpaired) electrons. The maximum atomic E-state index is 14.0. The van der Waals surface area contributed by atoms with Crippen LogP contribution >= 0.6 is 11.8 Å². The Hall–Kier alpha value is -3.58. The Bertz CT molecular complexity index is 1150. The Morgan fingerprint density at radius 3 is 2.10 bits per heavy atom. The Balaban J connectivity index is 2.34. The Kier molecular flexibility index (Phi) is 12.7. The number of methoxy groups -OCH3 is 1. The van der Waals surface area contributed by atoms with Gasteiger partial charge in [-0.1, -0.05) is 37.7 Å². The molecule has 5 amide bonds. The molecule has 2 rings (SSSR count). The number of nitrogens with two attached hydrogens (primary N) is 1. The number of benzene rings is 1. The molecule has 0 aromatic heterocycles. The van der Waals surface area contributed by atoms with Crippen molar-refractivity contribution in [3.8, 4) is 0 Å². The summed E-state index contributed by atoms with van der Waals surface area (Å²) in [6, 6.07) is 3.93. The molecule has 1 aliphatic rings. The highest BCUT2D eigenvalue weighted by Crippen LogP contribution is 2.26. The van der Waals surface area contributed by atoms with Crippen LogP contribution in [-0.4, -0.2) is 88.5 Å². The van der Waals surface area contributed by atoms with Crippen molar-refractivity contribution < 1.29 is 38.3 Å². The summed E-state index contributed by atoms with van der Waals surface area (Å²) >= 11 is 0.681. The van der Waals surface area contributed by atoms with Crippen molar-refractivity contribution in [2.45, 2.75) is 70.2 Å². The Labute approximate surface area is 243 Å². The maximum absolute atomic E-state index is 14.0. The van der Waals surface area contributed by atoms with E-state index in [0.717, 1.165) is 9.80 Å². The van der Waals surface area contributed by atoms with Crippen molar-refractivity contribution in [2.24, 2.45) is 11.7 Å². The van der Waals surface area contributed by atoms with Gasteiger partial charge in [0.15, 0.2) is 5.12 Å². The first-order chi connectivity index (χ1) is 19.3. The average molecular weight is 591 g/mol. The number of esters is 1. The molecule has 12 nitrogen and oxygen atoms in total. The fourth-order valence-electron chi connectivity index (χ4n) is 4.57. The Morgan fingerprint density at radius 2 is 1.61 bits per heavy atom. The van der Waals surface area contributed by atoms with Crippen LogP contribution in [0.1, 0.15) is 73.6 Å². The summed E-state index contributed by atoms with van der Waals surface area (Å²) in [5, 5.41) is 0.891. The van der Waals surface area contributed by atoms with Gasteiger partial charge < -0.3 is 15.8 Å². The third kappa shape index (κ3) is 8.70. The number of rotatable bonds is 14. The number of hydrogen-bond acceptors (Lipinski definition) is 10. The molecule has 0 bridgehead atoms. The number of carbonyl (C=O) groups is 7.